The van der Waals surface area contributed by atoms with Crippen LogP contribution in [0.2, 0.25) is 0 Å². The molecule has 6 rings (SSSR count). The molecule has 3 aliphatic heterocycles. The van der Waals surface area contributed by atoms with Gasteiger partial charge in [-0.2, -0.15) is 0 Å². The van der Waals surface area contributed by atoms with E-state index in [9.17, 15) is 9.59 Å². The average molecular weight is 435 g/mol. The van der Waals surface area contributed by atoms with E-state index in [1.807, 2.05) is 9.58 Å². The molecule has 0 bridgehead atoms. The monoisotopic (exact) mass is 434 g/mol. The summed E-state index contributed by atoms with van der Waals surface area (Å²) in [5, 5.41) is 15.5. The smallest absolute Gasteiger partial charge is 0.336 e. The molecule has 1 saturated carbocycles. The van der Waals surface area contributed by atoms with Crippen molar-refractivity contribution in [2.75, 3.05) is 13.2 Å². The second-order valence-corrected chi connectivity index (χ2v) is 9.44. The van der Waals surface area contributed by atoms with E-state index in [1.165, 1.54) is 11.1 Å². The number of likely N-dealkylation sites (tertiary alicyclic amines) is 1. The number of fused-ring (bicyclic) bond motifs is 3. The van der Waals surface area contributed by atoms with Gasteiger partial charge in [-0.05, 0) is 60.6 Å². The van der Waals surface area contributed by atoms with E-state index in [2.05, 4.69) is 39.0 Å². The van der Waals surface area contributed by atoms with Gasteiger partial charge >= 0.3 is 5.97 Å². The van der Waals surface area contributed by atoms with Gasteiger partial charge in [-0.15, -0.1) is 5.10 Å². The lowest BCUT2D eigenvalue weighted by Gasteiger charge is -2.36. The highest BCUT2D eigenvalue weighted by Crippen LogP contribution is 2.46. The highest BCUT2D eigenvalue weighted by Gasteiger charge is 2.50. The van der Waals surface area contributed by atoms with Crippen LogP contribution in [-0.2, 0) is 27.4 Å². The third-order valence-corrected chi connectivity index (χ3v) is 7.72. The second-order valence-electron chi connectivity index (χ2n) is 9.44. The van der Waals surface area contributed by atoms with Crippen molar-refractivity contribution in [1.29, 1.82) is 0 Å². The molecule has 0 atom stereocenters. The van der Waals surface area contributed by atoms with E-state index in [-0.39, 0.29) is 23.9 Å². The lowest BCUT2D eigenvalue weighted by molar-refractivity contribution is -0.138. The summed E-state index contributed by atoms with van der Waals surface area (Å²) in [5.41, 5.74) is 4.67. The highest BCUT2D eigenvalue weighted by molar-refractivity contribution is 5.94. The van der Waals surface area contributed by atoms with Crippen LogP contribution >= 0.6 is 0 Å². The number of rotatable bonds is 4. The first-order chi connectivity index (χ1) is 15.5. The number of nitrogens with zero attached hydrogens (tertiary/aromatic N) is 5. The van der Waals surface area contributed by atoms with Crippen molar-refractivity contribution in [3.8, 4) is 11.4 Å². The molecule has 1 saturated heterocycles. The molecule has 9 heteroatoms. The number of hydrogen-bond acceptors (Lipinski definition) is 7. The predicted octanol–water partition coefficient (Wildman–Crippen LogP) is 1.78. The van der Waals surface area contributed by atoms with Gasteiger partial charge < -0.3 is 15.0 Å². The Labute approximate surface area is 185 Å². The van der Waals surface area contributed by atoms with Crippen molar-refractivity contribution in [3.05, 3.63) is 40.6 Å². The summed E-state index contributed by atoms with van der Waals surface area (Å²) < 4.78 is 6.95. The minimum Gasteiger partial charge on any atom is -0.456 e. The van der Waals surface area contributed by atoms with Gasteiger partial charge in [-0.3, -0.25) is 4.79 Å². The maximum absolute atomic E-state index is 13.3. The van der Waals surface area contributed by atoms with Crippen molar-refractivity contribution >= 4 is 11.9 Å². The summed E-state index contributed by atoms with van der Waals surface area (Å²) in [4.78, 5) is 26.8. The van der Waals surface area contributed by atoms with Gasteiger partial charge in [0.15, 0.2) is 5.82 Å². The lowest BCUT2D eigenvalue weighted by atomic mass is 9.71. The van der Waals surface area contributed by atoms with Crippen LogP contribution in [0, 0.1) is 5.41 Å². The molecule has 1 aromatic heterocycles. The van der Waals surface area contributed by atoms with Crippen molar-refractivity contribution in [2.45, 2.75) is 58.2 Å². The van der Waals surface area contributed by atoms with E-state index in [4.69, 9.17) is 4.74 Å². The van der Waals surface area contributed by atoms with Gasteiger partial charge in [0.25, 0.3) is 0 Å². The van der Waals surface area contributed by atoms with E-state index in [0.717, 1.165) is 62.3 Å². The molecule has 4 heterocycles. The number of benzene rings is 1. The summed E-state index contributed by atoms with van der Waals surface area (Å²) in [6.07, 6.45) is 4.63. The van der Waals surface area contributed by atoms with Gasteiger partial charge in [0, 0.05) is 24.7 Å². The van der Waals surface area contributed by atoms with Crippen LogP contribution in [0.25, 0.3) is 11.4 Å². The zero-order chi connectivity index (χ0) is 21.9. The zero-order valence-electron chi connectivity index (χ0n) is 18.1. The van der Waals surface area contributed by atoms with Gasteiger partial charge in [-0.1, -0.05) is 18.2 Å². The molecule has 2 fully saturated rings. The zero-order valence-corrected chi connectivity index (χ0v) is 18.1. The van der Waals surface area contributed by atoms with Gasteiger partial charge in [-0.25, -0.2) is 9.48 Å². The number of amides is 1. The Kier molecular flexibility index (Phi) is 4.43. The van der Waals surface area contributed by atoms with Crippen LogP contribution in [0.1, 0.15) is 50.2 Å². The topological polar surface area (TPSA) is 102 Å². The molecule has 0 radical (unpaired) electrons. The molecule has 166 valence electrons. The number of esters is 1. The fourth-order valence-corrected chi connectivity index (χ4v) is 5.70. The van der Waals surface area contributed by atoms with E-state index in [1.54, 1.807) is 6.92 Å². The molecule has 1 aromatic carbocycles. The van der Waals surface area contributed by atoms with E-state index < -0.39 is 0 Å². The van der Waals surface area contributed by atoms with Crippen LogP contribution < -0.4 is 5.32 Å². The Morgan fingerprint density at radius 3 is 2.84 bits per heavy atom. The number of nitrogens with one attached hydrogen (secondary N) is 1. The summed E-state index contributed by atoms with van der Waals surface area (Å²) in [6, 6.07) is 6.88. The molecule has 9 nitrogen and oxygen atoms in total. The maximum atomic E-state index is 13.3. The SMILES string of the molecule is CC1=C(N2CCC3(CCC(NCc4ccc5c(c4)Cn4nnnc4-5)CC3)C2=O)COC1=O. The first kappa shape index (κ1) is 19.6. The number of aromatic nitrogens is 4. The Morgan fingerprint density at radius 2 is 2.06 bits per heavy atom. The molecule has 1 spiro atoms. The number of ether oxygens (including phenoxy) is 1. The highest BCUT2D eigenvalue weighted by atomic mass is 16.5. The lowest BCUT2D eigenvalue weighted by Crippen LogP contribution is -2.42. The van der Waals surface area contributed by atoms with E-state index >= 15 is 0 Å². The molecular formula is C23H26N6O3. The van der Waals surface area contributed by atoms with Crippen LogP contribution in [-0.4, -0.2) is 56.2 Å². The van der Waals surface area contributed by atoms with Gasteiger partial charge in [0.05, 0.1) is 23.2 Å². The number of cyclic esters (lactones) is 1. The first-order valence-corrected chi connectivity index (χ1v) is 11.3. The largest absolute Gasteiger partial charge is 0.456 e. The predicted molar refractivity (Wildman–Crippen MR) is 114 cm³/mol. The van der Waals surface area contributed by atoms with Crippen molar-refractivity contribution in [1.82, 2.24) is 30.4 Å². The summed E-state index contributed by atoms with van der Waals surface area (Å²) in [7, 11) is 0. The standard InChI is InChI=1S/C23H26N6O3/c1-14-19(13-32-21(14)30)28-9-8-23(22(28)31)6-4-17(5-7-23)24-11-15-2-3-18-16(10-15)12-29-20(18)25-26-27-29/h2-3,10,17,24H,4-9,11-13H2,1H3. The molecule has 1 N–H and O–H groups in total. The molecule has 2 aromatic rings. The molecular weight excluding hydrogens is 408 g/mol. The van der Waals surface area contributed by atoms with Crippen LogP contribution in [0.4, 0.5) is 0 Å². The first-order valence-electron chi connectivity index (χ1n) is 11.3. The van der Waals surface area contributed by atoms with Crippen molar-refractivity contribution < 1.29 is 14.3 Å². The number of hydrogen-bond donors (Lipinski definition) is 1. The fourth-order valence-electron chi connectivity index (χ4n) is 5.70. The number of carbonyl (C=O) groups is 2. The summed E-state index contributed by atoms with van der Waals surface area (Å²) in [6.45, 7) is 4.21. The minimum absolute atomic E-state index is 0.183. The van der Waals surface area contributed by atoms with Crippen LogP contribution in [0.5, 0.6) is 0 Å². The Morgan fingerprint density at radius 1 is 1.22 bits per heavy atom. The maximum Gasteiger partial charge on any atom is 0.336 e. The number of carbonyl (C=O) groups excluding carboxylic acids is 2. The molecule has 1 amide bonds. The molecule has 1 aliphatic carbocycles. The molecule has 32 heavy (non-hydrogen) atoms. The third-order valence-electron chi connectivity index (χ3n) is 7.72. The van der Waals surface area contributed by atoms with Gasteiger partial charge in [0.1, 0.15) is 6.61 Å². The quantitative estimate of drug-likeness (QED) is 0.625. The number of tetrazole rings is 1. The average Bonchev–Trinajstić information content (AvgIpc) is 3.54. The molecule has 0 unspecified atom stereocenters. The minimum atomic E-state index is -0.300. The fraction of sp³-hybridized carbons (Fsp3) is 0.522. The van der Waals surface area contributed by atoms with Crippen molar-refractivity contribution in [2.24, 2.45) is 5.41 Å². The van der Waals surface area contributed by atoms with Crippen molar-refractivity contribution in [3.63, 3.8) is 0 Å². The Bertz CT molecular complexity index is 1140. The van der Waals surface area contributed by atoms with E-state index in [0.29, 0.717) is 18.2 Å². The molecule has 4 aliphatic rings. The normalized spacial score (nSPS) is 26.8. The summed E-state index contributed by atoms with van der Waals surface area (Å²) >= 11 is 0. The van der Waals surface area contributed by atoms with Crippen LogP contribution in [0.3, 0.4) is 0 Å². The summed E-state index contributed by atoms with van der Waals surface area (Å²) in [5.74, 6) is 0.723. The Hall–Kier alpha value is -3.07. The third kappa shape index (κ3) is 2.98. The van der Waals surface area contributed by atoms with Gasteiger partial charge in [0.2, 0.25) is 5.91 Å². The second kappa shape index (κ2) is 7.23. The van der Waals surface area contributed by atoms with Crippen LogP contribution in [0.15, 0.2) is 29.5 Å². The Balaban J connectivity index is 1.06.